The Morgan fingerprint density at radius 2 is 2.00 bits per heavy atom. The lowest BCUT2D eigenvalue weighted by Gasteiger charge is -2.10. The van der Waals surface area contributed by atoms with Gasteiger partial charge in [-0.25, -0.2) is 4.98 Å². The van der Waals surface area contributed by atoms with E-state index in [0.717, 1.165) is 25.2 Å². The fraction of sp³-hybridized carbons (Fsp3) is 0.375. The van der Waals surface area contributed by atoms with Gasteiger partial charge in [-0.1, -0.05) is 0 Å². The smallest absolute Gasteiger partial charge is 0.406 e. The molecule has 1 aromatic carbocycles. The third kappa shape index (κ3) is 6.74. The van der Waals surface area contributed by atoms with Gasteiger partial charge in [0.15, 0.2) is 5.96 Å². The Hall–Kier alpha value is -2.71. The van der Waals surface area contributed by atoms with Crippen molar-refractivity contribution in [1.82, 2.24) is 9.55 Å². The van der Waals surface area contributed by atoms with Crippen LogP contribution in [0, 0.1) is 6.92 Å². The second kappa shape index (κ2) is 8.41. The Balaban J connectivity index is 1.72. The first-order valence-corrected chi connectivity index (χ1v) is 7.74. The normalized spacial score (nSPS) is 12.2. The second-order valence-corrected chi connectivity index (χ2v) is 5.34. The fourth-order valence-corrected chi connectivity index (χ4v) is 2.16. The van der Waals surface area contributed by atoms with E-state index in [0.29, 0.717) is 12.2 Å². The highest BCUT2D eigenvalue weighted by atomic mass is 19.4. The number of aromatic nitrogens is 2. The van der Waals surface area contributed by atoms with Gasteiger partial charge in [-0.3, -0.25) is 4.99 Å². The van der Waals surface area contributed by atoms with Crippen molar-refractivity contribution in [3.63, 3.8) is 0 Å². The van der Waals surface area contributed by atoms with Crippen LogP contribution >= 0.6 is 0 Å². The molecular formula is C16H20F3N5O. The highest BCUT2D eigenvalue weighted by molar-refractivity contribution is 5.92. The number of benzene rings is 1. The molecule has 0 saturated heterocycles. The molecule has 1 aromatic heterocycles. The lowest BCUT2D eigenvalue weighted by molar-refractivity contribution is -0.274. The molecular weight excluding hydrogens is 335 g/mol. The van der Waals surface area contributed by atoms with Gasteiger partial charge >= 0.3 is 6.36 Å². The minimum absolute atomic E-state index is 0.211. The standard InChI is InChI=1S/C16H20F3N5O/c1-12-21-9-11-24(12)10-3-2-8-22-15(20)23-13-4-6-14(7-5-13)25-16(17,18)19/h4-7,9,11H,2-3,8,10H2,1H3,(H3,20,22,23). The number of alkyl halides is 3. The summed E-state index contributed by atoms with van der Waals surface area (Å²) in [5.41, 5.74) is 6.29. The summed E-state index contributed by atoms with van der Waals surface area (Å²) in [7, 11) is 0. The van der Waals surface area contributed by atoms with Gasteiger partial charge in [0, 0.05) is 31.2 Å². The predicted molar refractivity (Wildman–Crippen MR) is 89.4 cm³/mol. The van der Waals surface area contributed by atoms with Crippen LogP contribution in [0.3, 0.4) is 0 Å². The van der Waals surface area contributed by atoms with Crippen molar-refractivity contribution in [2.24, 2.45) is 10.7 Å². The van der Waals surface area contributed by atoms with Gasteiger partial charge < -0.3 is 20.4 Å². The molecule has 0 aliphatic rings. The van der Waals surface area contributed by atoms with Gasteiger partial charge in [0.25, 0.3) is 0 Å². The molecule has 1 heterocycles. The minimum Gasteiger partial charge on any atom is -0.406 e. The summed E-state index contributed by atoms with van der Waals surface area (Å²) < 4.78 is 42.1. The van der Waals surface area contributed by atoms with Gasteiger partial charge in [-0.15, -0.1) is 13.2 Å². The molecule has 9 heteroatoms. The summed E-state index contributed by atoms with van der Waals surface area (Å²) in [6, 6.07) is 5.28. The predicted octanol–water partition coefficient (Wildman–Crippen LogP) is 3.30. The lowest BCUT2D eigenvalue weighted by atomic mass is 10.3. The molecule has 0 radical (unpaired) electrons. The Morgan fingerprint density at radius 1 is 1.28 bits per heavy atom. The molecule has 0 aliphatic heterocycles. The van der Waals surface area contributed by atoms with Crippen molar-refractivity contribution in [1.29, 1.82) is 0 Å². The maximum Gasteiger partial charge on any atom is 0.573 e. The number of hydrogen-bond acceptors (Lipinski definition) is 3. The SMILES string of the molecule is Cc1nccn1CCCCN=C(N)Nc1ccc(OC(F)(F)F)cc1. The zero-order valence-electron chi connectivity index (χ0n) is 13.8. The molecule has 0 aliphatic carbocycles. The molecule has 2 aromatic rings. The molecule has 25 heavy (non-hydrogen) atoms. The van der Waals surface area contributed by atoms with Crippen molar-refractivity contribution in [2.75, 3.05) is 11.9 Å². The fourth-order valence-electron chi connectivity index (χ4n) is 2.16. The van der Waals surface area contributed by atoms with Gasteiger partial charge in [-0.2, -0.15) is 0 Å². The molecule has 2 rings (SSSR count). The van der Waals surface area contributed by atoms with Gasteiger partial charge in [0.05, 0.1) is 0 Å². The molecule has 0 bridgehead atoms. The van der Waals surface area contributed by atoms with Crippen LogP contribution in [0.5, 0.6) is 5.75 Å². The third-order valence-electron chi connectivity index (χ3n) is 3.37. The van der Waals surface area contributed by atoms with Crippen molar-refractivity contribution in [3.8, 4) is 5.75 Å². The molecule has 136 valence electrons. The van der Waals surface area contributed by atoms with Crippen LogP contribution in [0.4, 0.5) is 18.9 Å². The number of ether oxygens (including phenoxy) is 1. The maximum absolute atomic E-state index is 12.1. The number of guanidine groups is 1. The number of halogens is 3. The summed E-state index contributed by atoms with van der Waals surface area (Å²) >= 11 is 0. The van der Waals surface area contributed by atoms with Gasteiger partial charge in [-0.05, 0) is 44.0 Å². The van der Waals surface area contributed by atoms with E-state index < -0.39 is 6.36 Å². The van der Waals surface area contributed by atoms with Crippen LogP contribution in [-0.4, -0.2) is 28.4 Å². The highest BCUT2D eigenvalue weighted by Gasteiger charge is 2.30. The Kier molecular flexibility index (Phi) is 6.26. The quantitative estimate of drug-likeness (QED) is 0.454. The van der Waals surface area contributed by atoms with Crippen LogP contribution in [0.25, 0.3) is 0 Å². The van der Waals surface area contributed by atoms with E-state index >= 15 is 0 Å². The van der Waals surface area contributed by atoms with Crippen LogP contribution in [0.2, 0.25) is 0 Å². The van der Waals surface area contributed by atoms with E-state index in [4.69, 9.17) is 5.73 Å². The number of rotatable bonds is 7. The molecule has 0 amide bonds. The number of anilines is 1. The van der Waals surface area contributed by atoms with Crippen molar-refractivity contribution in [2.45, 2.75) is 32.7 Å². The average Bonchev–Trinajstić information content (AvgIpc) is 2.93. The number of aryl methyl sites for hydroxylation is 2. The van der Waals surface area contributed by atoms with E-state index in [9.17, 15) is 13.2 Å². The van der Waals surface area contributed by atoms with Crippen molar-refractivity contribution >= 4 is 11.6 Å². The molecule has 3 N–H and O–H groups in total. The molecule has 6 nitrogen and oxygen atoms in total. The zero-order chi connectivity index (χ0) is 18.3. The average molecular weight is 355 g/mol. The van der Waals surface area contributed by atoms with E-state index in [1.165, 1.54) is 24.3 Å². The van der Waals surface area contributed by atoms with E-state index in [-0.39, 0.29) is 11.7 Å². The van der Waals surface area contributed by atoms with E-state index in [2.05, 4.69) is 24.6 Å². The topological polar surface area (TPSA) is 77.5 Å². The Bertz CT molecular complexity index is 695. The molecule has 0 fully saturated rings. The number of nitrogens with one attached hydrogen (secondary N) is 1. The number of nitrogens with zero attached hydrogens (tertiary/aromatic N) is 3. The Labute approximate surface area is 143 Å². The van der Waals surface area contributed by atoms with E-state index in [1.807, 2.05) is 13.1 Å². The summed E-state index contributed by atoms with van der Waals surface area (Å²) in [5.74, 6) is 0.897. The van der Waals surface area contributed by atoms with E-state index in [1.54, 1.807) is 6.20 Å². The highest BCUT2D eigenvalue weighted by Crippen LogP contribution is 2.23. The first-order valence-electron chi connectivity index (χ1n) is 7.74. The summed E-state index contributed by atoms with van der Waals surface area (Å²) in [5, 5.41) is 2.82. The van der Waals surface area contributed by atoms with Crippen molar-refractivity contribution < 1.29 is 17.9 Å². The first-order chi connectivity index (χ1) is 11.8. The largest absolute Gasteiger partial charge is 0.573 e. The molecule has 0 spiro atoms. The number of hydrogen-bond donors (Lipinski definition) is 2. The first kappa shape index (κ1) is 18.6. The Morgan fingerprint density at radius 3 is 2.60 bits per heavy atom. The van der Waals surface area contributed by atoms with Gasteiger partial charge in [0.2, 0.25) is 0 Å². The molecule has 0 unspecified atom stereocenters. The number of nitrogens with two attached hydrogens (primary N) is 1. The number of unbranched alkanes of at least 4 members (excludes halogenated alkanes) is 1. The number of aliphatic imine (C=N–C) groups is 1. The monoisotopic (exact) mass is 355 g/mol. The summed E-state index contributed by atoms with van der Waals surface area (Å²) in [6.07, 6.45) is 0.793. The van der Waals surface area contributed by atoms with Crippen LogP contribution in [0.1, 0.15) is 18.7 Å². The van der Waals surface area contributed by atoms with Gasteiger partial charge in [0.1, 0.15) is 11.6 Å². The lowest BCUT2D eigenvalue weighted by Crippen LogP contribution is -2.23. The maximum atomic E-state index is 12.1. The summed E-state index contributed by atoms with van der Waals surface area (Å²) in [6.45, 7) is 3.38. The third-order valence-corrected chi connectivity index (χ3v) is 3.37. The zero-order valence-corrected chi connectivity index (χ0v) is 13.8. The van der Waals surface area contributed by atoms with Crippen molar-refractivity contribution in [3.05, 3.63) is 42.5 Å². The number of imidazole rings is 1. The molecule has 0 atom stereocenters. The summed E-state index contributed by atoms with van der Waals surface area (Å²) in [4.78, 5) is 8.34. The van der Waals surface area contributed by atoms with Crippen LogP contribution in [-0.2, 0) is 6.54 Å². The second-order valence-electron chi connectivity index (χ2n) is 5.34. The minimum atomic E-state index is -4.70. The van der Waals surface area contributed by atoms with Crippen LogP contribution in [0.15, 0.2) is 41.7 Å². The molecule has 0 saturated carbocycles. The van der Waals surface area contributed by atoms with Crippen LogP contribution < -0.4 is 15.8 Å².